The molecule has 1 aliphatic heterocycles. The summed E-state index contributed by atoms with van der Waals surface area (Å²) in [7, 11) is 0. The van der Waals surface area contributed by atoms with Crippen molar-refractivity contribution in [2.75, 3.05) is 19.6 Å². The van der Waals surface area contributed by atoms with Crippen LogP contribution in [-0.2, 0) is 4.79 Å². The Labute approximate surface area is 108 Å². The van der Waals surface area contributed by atoms with E-state index in [4.69, 9.17) is 5.11 Å². The molecule has 2 N–H and O–H groups in total. The van der Waals surface area contributed by atoms with Crippen LogP contribution in [0.3, 0.4) is 0 Å². The van der Waals surface area contributed by atoms with Gasteiger partial charge in [-0.15, -0.1) is 0 Å². The average Bonchev–Trinajstić information content (AvgIpc) is 2.95. The minimum absolute atomic E-state index is 0.105. The molecule has 1 unspecified atom stereocenters. The molecule has 2 rings (SSSR count). The van der Waals surface area contributed by atoms with E-state index in [1.807, 2.05) is 0 Å². The number of carbonyl (C=O) groups is 2. The molecule has 1 atom stereocenters. The summed E-state index contributed by atoms with van der Waals surface area (Å²) in [5.74, 6) is -1.19. The Bertz CT molecular complexity index is 337. The molecule has 2 aliphatic rings. The Morgan fingerprint density at radius 1 is 1.39 bits per heavy atom. The van der Waals surface area contributed by atoms with Gasteiger partial charge in [-0.25, -0.2) is 4.79 Å². The average molecular weight is 254 g/mol. The van der Waals surface area contributed by atoms with Gasteiger partial charge in [-0.05, 0) is 24.7 Å². The number of carbonyl (C=O) groups excluding carboxylic acids is 1. The van der Waals surface area contributed by atoms with Gasteiger partial charge in [-0.3, -0.25) is 4.79 Å². The van der Waals surface area contributed by atoms with Gasteiger partial charge in [0.1, 0.15) is 0 Å². The summed E-state index contributed by atoms with van der Waals surface area (Å²) in [5.41, 5.74) is 0.238. The van der Waals surface area contributed by atoms with E-state index < -0.39 is 11.9 Å². The van der Waals surface area contributed by atoms with Crippen LogP contribution in [0, 0.1) is 11.3 Å². The molecule has 1 saturated heterocycles. The molecule has 18 heavy (non-hydrogen) atoms. The third-order valence-electron chi connectivity index (χ3n) is 4.30. The lowest BCUT2D eigenvalue weighted by atomic mass is 9.89. The van der Waals surface area contributed by atoms with Crippen molar-refractivity contribution < 1.29 is 14.7 Å². The smallest absolute Gasteiger partial charge is 0.317 e. The van der Waals surface area contributed by atoms with Crippen LogP contribution in [0.25, 0.3) is 0 Å². The Balaban J connectivity index is 1.77. The number of carboxylic acids is 1. The first-order chi connectivity index (χ1) is 8.50. The lowest BCUT2D eigenvalue weighted by Crippen LogP contribution is -2.42. The van der Waals surface area contributed by atoms with E-state index in [2.05, 4.69) is 12.2 Å². The lowest BCUT2D eigenvalue weighted by molar-refractivity contribution is -0.141. The Hall–Kier alpha value is -1.26. The number of nitrogens with one attached hydrogen (secondary N) is 1. The minimum atomic E-state index is -0.798. The topological polar surface area (TPSA) is 69.6 Å². The van der Waals surface area contributed by atoms with Crippen molar-refractivity contribution in [3.8, 4) is 0 Å². The minimum Gasteiger partial charge on any atom is -0.481 e. The van der Waals surface area contributed by atoms with Crippen LogP contribution >= 0.6 is 0 Å². The van der Waals surface area contributed by atoms with Gasteiger partial charge in [-0.1, -0.05) is 19.8 Å². The van der Waals surface area contributed by atoms with Crippen LogP contribution in [0.2, 0.25) is 0 Å². The maximum Gasteiger partial charge on any atom is 0.317 e. The molecule has 2 amide bonds. The summed E-state index contributed by atoms with van der Waals surface area (Å²) in [6.45, 7) is 3.82. The summed E-state index contributed by atoms with van der Waals surface area (Å²) < 4.78 is 0. The number of hydrogen-bond donors (Lipinski definition) is 2. The van der Waals surface area contributed by atoms with Crippen LogP contribution in [0.1, 0.15) is 39.0 Å². The molecule has 1 aliphatic carbocycles. The van der Waals surface area contributed by atoms with Gasteiger partial charge in [0.25, 0.3) is 0 Å². The number of rotatable bonds is 3. The highest BCUT2D eigenvalue weighted by atomic mass is 16.4. The molecular weight excluding hydrogens is 232 g/mol. The summed E-state index contributed by atoms with van der Waals surface area (Å²) in [6, 6.07) is -0.105. The standard InChI is InChI=1S/C13H22N2O3/c1-13(5-2-3-6-13)9-14-12(18)15-7-4-10(8-15)11(16)17/h10H,2-9H2,1H3,(H,14,18)(H,16,17). The second-order valence-electron chi connectivity index (χ2n) is 5.95. The first kappa shape index (κ1) is 13.2. The number of hydrogen-bond acceptors (Lipinski definition) is 2. The molecule has 102 valence electrons. The van der Waals surface area contributed by atoms with Gasteiger partial charge in [-0.2, -0.15) is 0 Å². The van der Waals surface area contributed by atoms with Gasteiger partial charge in [0.15, 0.2) is 0 Å². The summed E-state index contributed by atoms with van der Waals surface area (Å²) >= 11 is 0. The predicted octanol–water partition coefficient (Wildman–Crippen LogP) is 1.68. The fourth-order valence-electron chi connectivity index (χ4n) is 2.95. The number of amides is 2. The highest BCUT2D eigenvalue weighted by Gasteiger charge is 2.33. The largest absolute Gasteiger partial charge is 0.481 e. The maximum absolute atomic E-state index is 11.9. The van der Waals surface area contributed by atoms with Gasteiger partial charge in [0.05, 0.1) is 5.92 Å². The van der Waals surface area contributed by atoms with E-state index in [1.54, 1.807) is 4.90 Å². The van der Waals surface area contributed by atoms with Crippen molar-refractivity contribution in [2.45, 2.75) is 39.0 Å². The summed E-state index contributed by atoms with van der Waals surface area (Å²) in [6.07, 6.45) is 5.41. The van der Waals surface area contributed by atoms with Crippen molar-refractivity contribution in [3.05, 3.63) is 0 Å². The third kappa shape index (κ3) is 2.94. The van der Waals surface area contributed by atoms with Crippen LogP contribution in [0.15, 0.2) is 0 Å². The highest BCUT2D eigenvalue weighted by Crippen LogP contribution is 2.36. The number of urea groups is 1. The molecule has 5 heteroatoms. The van der Waals surface area contributed by atoms with Gasteiger partial charge in [0, 0.05) is 19.6 Å². The molecule has 5 nitrogen and oxygen atoms in total. The van der Waals surface area contributed by atoms with E-state index in [-0.39, 0.29) is 11.4 Å². The van der Waals surface area contributed by atoms with Crippen molar-refractivity contribution in [1.29, 1.82) is 0 Å². The summed E-state index contributed by atoms with van der Waals surface area (Å²) in [5, 5.41) is 11.9. The maximum atomic E-state index is 11.9. The molecular formula is C13H22N2O3. The van der Waals surface area contributed by atoms with Gasteiger partial charge in [0.2, 0.25) is 0 Å². The first-order valence-electron chi connectivity index (χ1n) is 6.76. The Morgan fingerprint density at radius 2 is 2.06 bits per heavy atom. The lowest BCUT2D eigenvalue weighted by Gasteiger charge is -2.25. The number of aliphatic carboxylic acids is 1. The number of carboxylic acid groups (broad SMARTS) is 1. The molecule has 2 fully saturated rings. The third-order valence-corrected chi connectivity index (χ3v) is 4.30. The Kier molecular flexibility index (Phi) is 3.78. The zero-order valence-corrected chi connectivity index (χ0v) is 10.9. The van der Waals surface area contributed by atoms with E-state index >= 15 is 0 Å². The zero-order chi connectivity index (χ0) is 13.2. The molecule has 1 saturated carbocycles. The zero-order valence-electron chi connectivity index (χ0n) is 10.9. The molecule has 0 aromatic rings. The summed E-state index contributed by atoms with van der Waals surface area (Å²) in [4.78, 5) is 24.4. The molecule has 1 heterocycles. The number of likely N-dealkylation sites (tertiary alicyclic amines) is 1. The molecule has 0 radical (unpaired) electrons. The van der Waals surface area contributed by atoms with Crippen LogP contribution in [0.5, 0.6) is 0 Å². The van der Waals surface area contributed by atoms with Crippen LogP contribution < -0.4 is 5.32 Å². The van der Waals surface area contributed by atoms with Crippen LogP contribution in [-0.4, -0.2) is 41.6 Å². The molecule has 0 bridgehead atoms. The molecule has 0 aromatic heterocycles. The first-order valence-corrected chi connectivity index (χ1v) is 6.76. The van der Waals surface area contributed by atoms with Crippen molar-refractivity contribution in [2.24, 2.45) is 11.3 Å². The van der Waals surface area contributed by atoms with Gasteiger partial charge >= 0.3 is 12.0 Å². The van der Waals surface area contributed by atoms with Crippen LogP contribution in [0.4, 0.5) is 4.79 Å². The van der Waals surface area contributed by atoms with E-state index in [1.165, 1.54) is 25.7 Å². The molecule has 0 aromatic carbocycles. The second kappa shape index (κ2) is 5.16. The second-order valence-corrected chi connectivity index (χ2v) is 5.95. The van der Waals surface area contributed by atoms with Crippen molar-refractivity contribution in [1.82, 2.24) is 10.2 Å². The quantitative estimate of drug-likeness (QED) is 0.805. The van der Waals surface area contributed by atoms with Gasteiger partial charge < -0.3 is 15.3 Å². The Morgan fingerprint density at radius 3 is 2.61 bits per heavy atom. The van der Waals surface area contributed by atoms with Crippen molar-refractivity contribution >= 4 is 12.0 Å². The van der Waals surface area contributed by atoms with E-state index in [0.717, 1.165) is 0 Å². The van der Waals surface area contributed by atoms with E-state index in [0.29, 0.717) is 26.1 Å². The van der Waals surface area contributed by atoms with E-state index in [9.17, 15) is 9.59 Å². The SMILES string of the molecule is CC1(CNC(=O)N2CCC(C(=O)O)C2)CCCC1. The normalized spacial score (nSPS) is 26.3. The highest BCUT2D eigenvalue weighted by molar-refractivity contribution is 5.77. The number of nitrogens with zero attached hydrogens (tertiary/aromatic N) is 1. The monoisotopic (exact) mass is 254 g/mol. The molecule has 0 spiro atoms. The van der Waals surface area contributed by atoms with Crippen molar-refractivity contribution in [3.63, 3.8) is 0 Å². The fourth-order valence-corrected chi connectivity index (χ4v) is 2.95. The predicted molar refractivity (Wildman–Crippen MR) is 67.3 cm³/mol. The fraction of sp³-hybridized carbons (Fsp3) is 0.846.